The van der Waals surface area contributed by atoms with Crippen LogP contribution in [0.5, 0.6) is 5.75 Å². The maximum atomic E-state index is 13.4. The van der Waals surface area contributed by atoms with E-state index < -0.39 is 4.92 Å². The summed E-state index contributed by atoms with van der Waals surface area (Å²) in [6.07, 6.45) is 0. The number of hydrogen-bond donors (Lipinski definition) is 0. The van der Waals surface area contributed by atoms with E-state index in [2.05, 4.69) is 4.98 Å². The average Bonchev–Trinajstić information content (AvgIpc) is 3.20. The zero-order valence-corrected chi connectivity index (χ0v) is 16.8. The van der Waals surface area contributed by atoms with E-state index in [-0.39, 0.29) is 17.2 Å². The standard InChI is InChI=1S/C22H17N3O4S/c1-29-18-10-11-20-19(13-18)23-22(30-20)24(14-15-6-3-2-4-7-15)21(26)16-8-5-9-17(12-16)25(27)28/h2-13H,14H2,1H3. The lowest BCUT2D eigenvalue weighted by atomic mass is 10.1. The molecule has 3 aromatic carbocycles. The number of benzene rings is 3. The quantitative estimate of drug-likeness (QED) is 0.322. The molecule has 4 aromatic rings. The van der Waals surface area contributed by atoms with Crippen molar-refractivity contribution in [1.82, 2.24) is 4.98 Å². The van der Waals surface area contributed by atoms with E-state index >= 15 is 0 Å². The Labute approximate surface area is 176 Å². The van der Waals surface area contributed by atoms with Crippen molar-refractivity contribution in [3.63, 3.8) is 0 Å². The van der Waals surface area contributed by atoms with Crippen molar-refractivity contribution < 1.29 is 14.5 Å². The third kappa shape index (κ3) is 3.99. The molecule has 0 bridgehead atoms. The maximum Gasteiger partial charge on any atom is 0.270 e. The van der Waals surface area contributed by atoms with E-state index in [1.807, 2.05) is 48.5 Å². The molecule has 1 aromatic heterocycles. The monoisotopic (exact) mass is 419 g/mol. The Hall–Kier alpha value is -3.78. The number of anilines is 1. The van der Waals surface area contributed by atoms with Crippen LogP contribution in [-0.4, -0.2) is 22.9 Å². The van der Waals surface area contributed by atoms with Crippen LogP contribution in [-0.2, 0) is 6.54 Å². The molecule has 1 amide bonds. The van der Waals surface area contributed by atoms with E-state index in [0.717, 1.165) is 15.8 Å². The van der Waals surface area contributed by atoms with Crippen LogP contribution >= 0.6 is 11.3 Å². The van der Waals surface area contributed by atoms with Crippen molar-refractivity contribution in [2.45, 2.75) is 6.54 Å². The molecule has 30 heavy (non-hydrogen) atoms. The minimum Gasteiger partial charge on any atom is -0.497 e. The van der Waals surface area contributed by atoms with Gasteiger partial charge in [-0.2, -0.15) is 0 Å². The van der Waals surface area contributed by atoms with E-state index in [9.17, 15) is 14.9 Å². The second kappa shape index (κ2) is 8.30. The Morgan fingerprint density at radius 2 is 1.90 bits per heavy atom. The number of thiazole rings is 1. The van der Waals surface area contributed by atoms with Crippen molar-refractivity contribution in [3.8, 4) is 5.75 Å². The van der Waals surface area contributed by atoms with Gasteiger partial charge in [-0.1, -0.05) is 47.7 Å². The highest BCUT2D eigenvalue weighted by Gasteiger charge is 2.23. The van der Waals surface area contributed by atoms with Crippen LogP contribution in [0.3, 0.4) is 0 Å². The summed E-state index contributed by atoms with van der Waals surface area (Å²) in [5.41, 5.74) is 1.75. The molecule has 0 fully saturated rings. The molecular weight excluding hydrogens is 402 g/mol. The highest BCUT2D eigenvalue weighted by atomic mass is 32.1. The molecule has 0 unspecified atom stereocenters. The minimum absolute atomic E-state index is 0.130. The number of ether oxygens (including phenoxy) is 1. The largest absolute Gasteiger partial charge is 0.497 e. The first kappa shape index (κ1) is 19.5. The number of nitro groups is 1. The second-order valence-electron chi connectivity index (χ2n) is 6.51. The Kier molecular flexibility index (Phi) is 5.40. The van der Waals surface area contributed by atoms with Crippen LogP contribution in [0.15, 0.2) is 72.8 Å². The molecule has 1 heterocycles. The van der Waals surface area contributed by atoms with Gasteiger partial charge in [-0.15, -0.1) is 0 Å². The summed E-state index contributed by atoms with van der Waals surface area (Å²) >= 11 is 1.38. The first-order valence-corrected chi connectivity index (χ1v) is 9.91. The van der Waals surface area contributed by atoms with E-state index in [0.29, 0.717) is 17.4 Å². The maximum absolute atomic E-state index is 13.4. The fourth-order valence-corrected chi connectivity index (χ4v) is 3.98. The number of rotatable bonds is 6. The molecule has 0 saturated carbocycles. The molecule has 4 rings (SSSR count). The number of methoxy groups -OCH3 is 1. The lowest BCUT2D eigenvalue weighted by molar-refractivity contribution is -0.384. The first-order chi connectivity index (χ1) is 14.5. The molecule has 8 heteroatoms. The molecule has 0 aliphatic heterocycles. The Balaban J connectivity index is 1.77. The van der Waals surface area contributed by atoms with Crippen molar-refractivity contribution >= 4 is 38.3 Å². The number of fused-ring (bicyclic) bond motifs is 1. The van der Waals surface area contributed by atoms with Gasteiger partial charge in [0, 0.05) is 23.8 Å². The fourth-order valence-electron chi connectivity index (χ4n) is 3.04. The lowest BCUT2D eigenvalue weighted by Gasteiger charge is -2.20. The zero-order chi connectivity index (χ0) is 21.1. The number of nitro benzene ring substituents is 1. The van der Waals surface area contributed by atoms with Crippen molar-refractivity contribution in [2.75, 3.05) is 12.0 Å². The number of amides is 1. The normalized spacial score (nSPS) is 10.7. The number of hydrogen-bond acceptors (Lipinski definition) is 6. The summed E-state index contributed by atoms with van der Waals surface area (Å²) in [4.78, 5) is 30.2. The van der Waals surface area contributed by atoms with Crippen molar-refractivity contribution in [1.29, 1.82) is 0 Å². The van der Waals surface area contributed by atoms with Gasteiger partial charge in [-0.3, -0.25) is 19.8 Å². The van der Waals surface area contributed by atoms with Crippen molar-refractivity contribution in [2.24, 2.45) is 0 Å². The Morgan fingerprint density at radius 1 is 1.10 bits per heavy atom. The number of nitrogens with zero attached hydrogens (tertiary/aromatic N) is 3. The highest BCUT2D eigenvalue weighted by molar-refractivity contribution is 7.22. The molecule has 0 spiro atoms. The van der Waals surface area contributed by atoms with E-state index in [1.54, 1.807) is 18.1 Å². The van der Waals surface area contributed by atoms with E-state index in [4.69, 9.17) is 4.74 Å². The molecule has 0 aliphatic carbocycles. The summed E-state index contributed by atoms with van der Waals surface area (Å²) in [6.45, 7) is 0.291. The van der Waals surface area contributed by atoms with Crippen LogP contribution in [0.25, 0.3) is 10.2 Å². The lowest BCUT2D eigenvalue weighted by Crippen LogP contribution is -2.30. The van der Waals surface area contributed by atoms with Gasteiger partial charge in [0.05, 0.1) is 28.8 Å². The van der Waals surface area contributed by atoms with Crippen LogP contribution in [0.4, 0.5) is 10.8 Å². The van der Waals surface area contributed by atoms with Crippen LogP contribution < -0.4 is 9.64 Å². The van der Waals surface area contributed by atoms with Gasteiger partial charge in [0.1, 0.15) is 5.75 Å². The van der Waals surface area contributed by atoms with Gasteiger partial charge < -0.3 is 4.74 Å². The number of carbonyl (C=O) groups is 1. The van der Waals surface area contributed by atoms with Gasteiger partial charge in [0.25, 0.3) is 11.6 Å². The van der Waals surface area contributed by atoms with Gasteiger partial charge in [-0.05, 0) is 23.8 Å². The van der Waals surface area contributed by atoms with Gasteiger partial charge in [-0.25, -0.2) is 4.98 Å². The smallest absolute Gasteiger partial charge is 0.270 e. The summed E-state index contributed by atoms with van der Waals surface area (Å²) in [7, 11) is 1.59. The Morgan fingerprint density at radius 3 is 2.63 bits per heavy atom. The Bertz CT molecular complexity index is 1220. The number of carbonyl (C=O) groups excluding carboxylic acids is 1. The molecule has 0 saturated heterocycles. The second-order valence-corrected chi connectivity index (χ2v) is 7.52. The summed E-state index contributed by atoms with van der Waals surface area (Å²) in [5.74, 6) is 0.326. The van der Waals surface area contributed by atoms with Gasteiger partial charge >= 0.3 is 0 Å². The predicted octanol–water partition coefficient (Wildman–Crippen LogP) is 5.06. The first-order valence-electron chi connectivity index (χ1n) is 9.10. The highest BCUT2D eigenvalue weighted by Crippen LogP contribution is 2.33. The van der Waals surface area contributed by atoms with Crippen molar-refractivity contribution in [3.05, 3.63) is 94.0 Å². The molecule has 0 aliphatic rings. The van der Waals surface area contributed by atoms with Crippen LogP contribution in [0.1, 0.15) is 15.9 Å². The number of non-ortho nitro benzene ring substituents is 1. The molecule has 0 atom stereocenters. The summed E-state index contributed by atoms with van der Waals surface area (Å²) < 4.78 is 6.17. The van der Waals surface area contributed by atoms with E-state index in [1.165, 1.54) is 29.5 Å². The summed E-state index contributed by atoms with van der Waals surface area (Å²) in [5, 5.41) is 11.7. The SMILES string of the molecule is COc1ccc2sc(N(Cc3ccccc3)C(=O)c3cccc([N+](=O)[O-])c3)nc2c1. The predicted molar refractivity (Wildman–Crippen MR) is 116 cm³/mol. The topological polar surface area (TPSA) is 85.6 Å². The minimum atomic E-state index is -0.512. The molecule has 150 valence electrons. The third-order valence-electron chi connectivity index (χ3n) is 4.55. The average molecular weight is 419 g/mol. The van der Waals surface area contributed by atoms with Crippen LogP contribution in [0, 0.1) is 10.1 Å². The molecule has 7 nitrogen and oxygen atoms in total. The van der Waals surface area contributed by atoms with Gasteiger partial charge in [0.2, 0.25) is 0 Å². The van der Waals surface area contributed by atoms with Gasteiger partial charge in [0.15, 0.2) is 5.13 Å². The number of aromatic nitrogens is 1. The van der Waals surface area contributed by atoms with Crippen LogP contribution in [0.2, 0.25) is 0 Å². The third-order valence-corrected chi connectivity index (χ3v) is 5.61. The fraction of sp³-hybridized carbons (Fsp3) is 0.0909. The molecule has 0 radical (unpaired) electrons. The summed E-state index contributed by atoms with van der Waals surface area (Å²) in [6, 6.07) is 20.8. The zero-order valence-electron chi connectivity index (χ0n) is 16.0. The molecular formula is C22H17N3O4S. The molecule has 0 N–H and O–H groups in total.